The molecule has 1 atom stereocenters. The molecular weight excluding hydrogens is 292 g/mol. The third-order valence-corrected chi connectivity index (χ3v) is 3.60. The molecule has 21 heavy (non-hydrogen) atoms. The van der Waals surface area contributed by atoms with Crippen molar-refractivity contribution in [1.29, 1.82) is 0 Å². The monoisotopic (exact) mass is 304 g/mol. The SMILES string of the molecule is O=C(O)CC(C(=O)O)(c1ccccc1)c1cccc(Cl)c1. The van der Waals surface area contributed by atoms with Crippen molar-refractivity contribution < 1.29 is 19.8 Å². The predicted octanol–water partition coefficient (Wildman–Crippen LogP) is 3.19. The lowest BCUT2D eigenvalue weighted by Gasteiger charge is -2.29. The van der Waals surface area contributed by atoms with Crippen molar-refractivity contribution in [3.63, 3.8) is 0 Å². The van der Waals surface area contributed by atoms with Crippen LogP contribution in [-0.2, 0) is 15.0 Å². The number of carbonyl (C=O) groups is 2. The number of hydrogen-bond acceptors (Lipinski definition) is 2. The van der Waals surface area contributed by atoms with E-state index < -0.39 is 23.8 Å². The summed E-state index contributed by atoms with van der Waals surface area (Å²) in [5, 5.41) is 19.3. The lowest BCUT2D eigenvalue weighted by atomic mass is 9.72. The predicted molar refractivity (Wildman–Crippen MR) is 78.6 cm³/mol. The zero-order valence-corrected chi connectivity index (χ0v) is 11.7. The molecule has 0 aromatic heterocycles. The molecule has 5 heteroatoms. The van der Waals surface area contributed by atoms with E-state index in [2.05, 4.69) is 0 Å². The Morgan fingerprint density at radius 1 is 0.952 bits per heavy atom. The molecule has 0 aliphatic rings. The first-order chi connectivity index (χ1) is 9.96. The number of carboxylic acid groups (broad SMARTS) is 2. The molecule has 2 aromatic rings. The van der Waals surface area contributed by atoms with Crippen LogP contribution in [0.1, 0.15) is 17.5 Å². The summed E-state index contributed by atoms with van der Waals surface area (Å²) in [5.74, 6) is -2.42. The number of rotatable bonds is 5. The van der Waals surface area contributed by atoms with Gasteiger partial charge in [-0.25, -0.2) is 0 Å². The van der Waals surface area contributed by atoms with Gasteiger partial charge in [-0.3, -0.25) is 9.59 Å². The Morgan fingerprint density at radius 3 is 2.10 bits per heavy atom. The number of halogens is 1. The van der Waals surface area contributed by atoms with E-state index in [1.807, 2.05) is 0 Å². The fourth-order valence-corrected chi connectivity index (χ4v) is 2.59. The van der Waals surface area contributed by atoms with Crippen molar-refractivity contribution in [2.24, 2.45) is 0 Å². The molecule has 0 amide bonds. The zero-order chi connectivity index (χ0) is 15.5. The smallest absolute Gasteiger partial charge is 0.319 e. The molecule has 1 unspecified atom stereocenters. The van der Waals surface area contributed by atoms with Crippen LogP contribution in [0.4, 0.5) is 0 Å². The van der Waals surface area contributed by atoms with E-state index in [-0.39, 0.29) is 0 Å². The van der Waals surface area contributed by atoms with Crippen molar-refractivity contribution in [1.82, 2.24) is 0 Å². The highest BCUT2D eigenvalue weighted by molar-refractivity contribution is 6.30. The van der Waals surface area contributed by atoms with Gasteiger partial charge in [0.05, 0.1) is 6.42 Å². The Labute approximate surface area is 126 Å². The standard InChI is InChI=1S/C16H13ClO4/c17-13-8-4-7-12(9-13)16(15(20)21,10-14(18)19)11-5-2-1-3-6-11/h1-9H,10H2,(H,18,19)(H,20,21). The van der Waals surface area contributed by atoms with Crippen LogP contribution in [0.5, 0.6) is 0 Å². The summed E-state index contributed by atoms with van der Waals surface area (Å²) in [5.41, 5.74) is -0.920. The van der Waals surface area contributed by atoms with Crippen molar-refractivity contribution in [3.8, 4) is 0 Å². The number of benzene rings is 2. The summed E-state index contributed by atoms with van der Waals surface area (Å²) in [7, 11) is 0. The van der Waals surface area contributed by atoms with Crippen LogP contribution in [0.15, 0.2) is 54.6 Å². The van der Waals surface area contributed by atoms with Crippen LogP contribution >= 0.6 is 11.6 Å². The Bertz CT molecular complexity index is 669. The van der Waals surface area contributed by atoms with Crippen molar-refractivity contribution in [3.05, 3.63) is 70.7 Å². The van der Waals surface area contributed by atoms with Crippen LogP contribution in [0.25, 0.3) is 0 Å². The third-order valence-electron chi connectivity index (χ3n) is 3.37. The summed E-state index contributed by atoms with van der Waals surface area (Å²) in [6, 6.07) is 14.6. The summed E-state index contributed by atoms with van der Waals surface area (Å²) in [6.07, 6.45) is -0.563. The van der Waals surface area contributed by atoms with Crippen LogP contribution in [-0.4, -0.2) is 22.2 Å². The fourth-order valence-electron chi connectivity index (χ4n) is 2.40. The minimum absolute atomic E-state index is 0.344. The van der Waals surface area contributed by atoms with Gasteiger partial charge in [-0.15, -0.1) is 0 Å². The third kappa shape index (κ3) is 2.90. The lowest BCUT2D eigenvalue weighted by molar-refractivity contribution is -0.148. The zero-order valence-electron chi connectivity index (χ0n) is 11.0. The molecule has 108 valence electrons. The molecule has 0 bridgehead atoms. The van der Waals surface area contributed by atoms with Gasteiger partial charge < -0.3 is 10.2 Å². The second kappa shape index (κ2) is 5.97. The molecule has 0 fully saturated rings. The number of hydrogen-bond donors (Lipinski definition) is 2. The maximum absolute atomic E-state index is 12.0. The van der Waals surface area contributed by atoms with Gasteiger partial charge in [0.25, 0.3) is 0 Å². The highest BCUT2D eigenvalue weighted by atomic mass is 35.5. The van der Waals surface area contributed by atoms with Gasteiger partial charge in [-0.1, -0.05) is 54.1 Å². The van der Waals surface area contributed by atoms with E-state index in [0.29, 0.717) is 16.1 Å². The molecule has 0 saturated heterocycles. The Hall–Kier alpha value is -2.33. The molecule has 0 spiro atoms. The first-order valence-corrected chi connectivity index (χ1v) is 6.61. The summed E-state index contributed by atoms with van der Waals surface area (Å²) in [6.45, 7) is 0. The quantitative estimate of drug-likeness (QED) is 0.889. The number of carboxylic acids is 2. The van der Waals surface area contributed by atoms with E-state index >= 15 is 0 Å². The first-order valence-electron chi connectivity index (χ1n) is 6.23. The fraction of sp³-hybridized carbons (Fsp3) is 0.125. The second-order valence-electron chi connectivity index (χ2n) is 4.66. The van der Waals surface area contributed by atoms with Crippen molar-refractivity contribution in [2.75, 3.05) is 0 Å². The van der Waals surface area contributed by atoms with E-state index in [9.17, 15) is 19.8 Å². The molecular formula is C16H13ClO4. The molecule has 2 N–H and O–H groups in total. The van der Waals surface area contributed by atoms with Gasteiger partial charge >= 0.3 is 11.9 Å². The van der Waals surface area contributed by atoms with Crippen LogP contribution in [0, 0.1) is 0 Å². The highest BCUT2D eigenvalue weighted by Crippen LogP contribution is 2.37. The Kier molecular flexibility index (Phi) is 4.29. The van der Waals surface area contributed by atoms with Crippen LogP contribution in [0.3, 0.4) is 0 Å². The summed E-state index contributed by atoms with van der Waals surface area (Å²) < 4.78 is 0. The summed E-state index contributed by atoms with van der Waals surface area (Å²) >= 11 is 5.94. The molecule has 4 nitrogen and oxygen atoms in total. The van der Waals surface area contributed by atoms with E-state index in [1.165, 1.54) is 6.07 Å². The van der Waals surface area contributed by atoms with Gasteiger partial charge in [0.15, 0.2) is 0 Å². The molecule has 2 rings (SSSR count). The van der Waals surface area contributed by atoms with Crippen molar-refractivity contribution in [2.45, 2.75) is 11.8 Å². The molecule has 0 aliphatic heterocycles. The Morgan fingerprint density at radius 2 is 1.57 bits per heavy atom. The average Bonchev–Trinajstić information content (AvgIpc) is 2.45. The van der Waals surface area contributed by atoms with Crippen LogP contribution < -0.4 is 0 Å². The minimum atomic E-state index is -1.67. The summed E-state index contributed by atoms with van der Waals surface area (Å²) in [4.78, 5) is 23.2. The molecule has 0 saturated carbocycles. The topological polar surface area (TPSA) is 74.6 Å². The maximum Gasteiger partial charge on any atom is 0.319 e. The average molecular weight is 305 g/mol. The molecule has 0 radical (unpaired) electrons. The largest absolute Gasteiger partial charge is 0.481 e. The normalized spacial score (nSPS) is 13.4. The molecule has 2 aromatic carbocycles. The Balaban J connectivity index is 2.73. The van der Waals surface area contributed by atoms with E-state index in [1.54, 1.807) is 48.5 Å². The molecule has 0 aliphatic carbocycles. The maximum atomic E-state index is 12.0. The first kappa shape index (κ1) is 15.1. The second-order valence-corrected chi connectivity index (χ2v) is 5.09. The van der Waals surface area contributed by atoms with Gasteiger partial charge in [0.1, 0.15) is 5.41 Å². The number of aliphatic carboxylic acids is 2. The van der Waals surface area contributed by atoms with Gasteiger partial charge in [0, 0.05) is 5.02 Å². The minimum Gasteiger partial charge on any atom is -0.481 e. The lowest BCUT2D eigenvalue weighted by Crippen LogP contribution is -2.39. The van der Waals surface area contributed by atoms with Crippen molar-refractivity contribution >= 4 is 23.5 Å². The van der Waals surface area contributed by atoms with E-state index in [0.717, 1.165) is 0 Å². The molecule has 0 heterocycles. The van der Waals surface area contributed by atoms with E-state index in [4.69, 9.17) is 11.6 Å². The van der Waals surface area contributed by atoms with Crippen LogP contribution in [0.2, 0.25) is 5.02 Å². The van der Waals surface area contributed by atoms with Gasteiger partial charge in [-0.2, -0.15) is 0 Å². The highest BCUT2D eigenvalue weighted by Gasteiger charge is 2.44. The van der Waals surface area contributed by atoms with Gasteiger partial charge in [-0.05, 0) is 23.3 Å². The van der Waals surface area contributed by atoms with Gasteiger partial charge in [0.2, 0.25) is 0 Å².